The van der Waals surface area contributed by atoms with E-state index in [1.807, 2.05) is 11.8 Å². The minimum Gasteiger partial charge on any atom is -0.338 e. The molecule has 3 atom stereocenters. The van der Waals surface area contributed by atoms with Gasteiger partial charge in [0.05, 0.1) is 6.07 Å². The molecule has 1 heterocycles. The van der Waals surface area contributed by atoms with Crippen LogP contribution in [0.3, 0.4) is 0 Å². The number of rotatable bonds is 2. The van der Waals surface area contributed by atoms with Gasteiger partial charge in [0.25, 0.3) is 0 Å². The summed E-state index contributed by atoms with van der Waals surface area (Å²) in [7, 11) is 0. The molecule has 94 valence electrons. The number of carbonyl (C=O) groups excluding carboxylic acids is 1. The maximum Gasteiger partial charge on any atom is 0.243 e. The summed E-state index contributed by atoms with van der Waals surface area (Å²) >= 11 is 0. The van der Waals surface area contributed by atoms with Gasteiger partial charge in [-0.1, -0.05) is 19.8 Å². The van der Waals surface area contributed by atoms with Gasteiger partial charge in [-0.15, -0.1) is 0 Å². The first-order valence-corrected chi connectivity index (χ1v) is 6.84. The van der Waals surface area contributed by atoms with Crippen LogP contribution in [0.5, 0.6) is 0 Å². The molecule has 0 bridgehead atoms. The van der Waals surface area contributed by atoms with Crippen molar-refractivity contribution in [3.63, 3.8) is 0 Å². The zero-order valence-corrected chi connectivity index (χ0v) is 10.9. The highest BCUT2D eigenvalue weighted by atomic mass is 16.2. The lowest BCUT2D eigenvalue weighted by atomic mass is 9.83. The largest absolute Gasteiger partial charge is 0.338 e. The van der Waals surface area contributed by atoms with Crippen LogP contribution in [0, 0.1) is 22.7 Å². The molecule has 3 unspecified atom stereocenters. The number of carbonyl (C=O) groups is 1. The van der Waals surface area contributed by atoms with E-state index in [0.717, 1.165) is 19.4 Å². The van der Waals surface area contributed by atoms with Crippen molar-refractivity contribution in [1.29, 1.82) is 5.26 Å². The van der Waals surface area contributed by atoms with E-state index in [0.29, 0.717) is 18.4 Å². The van der Waals surface area contributed by atoms with Crippen LogP contribution in [0.2, 0.25) is 0 Å². The highest BCUT2D eigenvalue weighted by Crippen LogP contribution is 2.38. The minimum absolute atomic E-state index is 0.0666. The molecule has 0 spiro atoms. The second kappa shape index (κ2) is 4.68. The molecule has 2 rings (SSSR count). The van der Waals surface area contributed by atoms with Crippen molar-refractivity contribution in [2.75, 3.05) is 6.54 Å². The number of hydrogen-bond donors (Lipinski definition) is 0. The maximum atomic E-state index is 12.5. The highest BCUT2D eigenvalue weighted by Gasteiger charge is 2.44. The normalized spacial score (nSPS) is 31.5. The van der Waals surface area contributed by atoms with Crippen molar-refractivity contribution in [2.45, 2.75) is 58.4 Å². The fourth-order valence-corrected chi connectivity index (χ4v) is 3.25. The lowest BCUT2D eigenvalue weighted by Gasteiger charge is -2.35. The Morgan fingerprint density at radius 1 is 1.41 bits per heavy atom. The second-order valence-electron chi connectivity index (χ2n) is 5.70. The van der Waals surface area contributed by atoms with Crippen LogP contribution in [-0.4, -0.2) is 23.4 Å². The Labute approximate surface area is 104 Å². The quantitative estimate of drug-likeness (QED) is 0.737. The van der Waals surface area contributed by atoms with Crippen molar-refractivity contribution < 1.29 is 4.79 Å². The van der Waals surface area contributed by atoms with Gasteiger partial charge in [0.2, 0.25) is 5.91 Å². The summed E-state index contributed by atoms with van der Waals surface area (Å²) in [5, 5.41) is 9.21. The van der Waals surface area contributed by atoms with Gasteiger partial charge >= 0.3 is 0 Å². The van der Waals surface area contributed by atoms with Crippen LogP contribution in [0.1, 0.15) is 52.4 Å². The number of nitrogens with zero attached hydrogens (tertiary/aromatic N) is 2. The number of fused-ring (bicyclic) bond motifs is 1. The zero-order valence-electron chi connectivity index (χ0n) is 10.9. The van der Waals surface area contributed by atoms with E-state index in [9.17, 15) is 10.1 Å². The van der Waals surface area contributed by atoms with Gasteiger partial charge in [0, 0.05) is 12.6 Å². The van der Waals surface area contributed by atoms with Crippen molar-refractivity contribution in [3.05, 3.63) is 0 Å². The molecule has 0 N–H and O–H groups in total. The number of amides is 1. The third kappa shape index (κ3) is 2.06. The van der Waals surface area contributed by atoms with E-state index in [-0.39, 0.29) is 5.91 Å². The van der Waals surface area contributed by atoms with Gasteiger partial charge in [-0.25, -0.2) is 0 Å². The molecule has 1 aliphatic heterocycles. The topological polar surface area (TPSA) is 44.1 Å². The van der Waals surface area contributed by atoms with Gasteiger partial charge in [-0.3, -0.25) is 4.79 Å². The van der Waals surface area contributed by atoms with Gasteiger partial charge in [0.15, 0.2) is 0 Å². The van der Waals surface area contributed by atoms with E-state index in [2.05, 4.69) is 6.07 Å². The second-order valence-corrected chi connectivity index (χ2v) is 5.70. The maximum absolute atomic E-state index is 12.5. The van der Waals surface area contributed by atoms with Crippen LogP contribution in [-0.2, 0) is 4.79 Å². The van der Waals surface area contributed by atoms with Crippen molar-refractivity contribution in [2.24, 2.45) is 11.3 Å². The summed E-state index contributed by atoms with van der Waals surface area (Å²) in [6.45, 7) is 4.58. The zero-order chi connectivity index (χ0) is 12.5. The number of likely N-dealkylation sites (tertiary alicyclic amines) is 1. The molecule has 2 aliphatic rings. The van der Waals surface area contributed by atoms with Gasteiger partial charge in [-0.2, -0.15) is 5.26 Å². The summed E-state index contributed by atoms with van der Waals surface area (Å²) in [5.74, 6) is 0.768. The summed E-state index contributed by atoms with van der Waals surface area (Å²) in [5.41, 5.74) is -0.813. The molecule has 3 heteroatoms. The first-order valence-electron chi connectivity index (χ1n) is 6.84. The van der Waals surface area contributed by atoms with E-state index < -0.39 is 5.41 Å². The lowest BCUT2D eigenvalue weighted by molar-refractivity contribution is -0.140. The summed E-state index contributed by atoms with van der Waals surface area (Å²) in [6.07, 6.45) is 6.70. The van der Waals surface area contributed by atoms with Gasteiger partial charge < -0.3 is 4.90 Å². The fraction of sp³-hybridized carbons (Fsp3) is 0.857. The van der Waals surface area contributed by atoms with Gasteiger partial charge in [0.1, 0.15) is 5.41 Å². The molecule has 0 radical (unpaired) electrons. The average Bonchev–Trinajstić information content (AvgIpc) is 2.80. The highest BCUT2D eigenvalue weighted by molar-refractivity contribution is 5.85. The Morgan fingerprint density at radius 3 is 2.76 bits per heavy atom. The fourth-order valence-electron chi connectivity index (χ4n) is 3.25. The molecule has 2 fully saturated rings. The molecule has 0 aromatic rings. The summed E-state index contributed by atoms with van der Waals surface area (Å²) < 4.78 is 0. The number of hydrogen-bond acceptors (Lipinski definition) is 2. The van der Waals surface area contributed by atoms with Crippen molar-refractivity contribution in [3.8, 4) is 6.07 Å². The summed E-state index contributed by atoms with van der Waals surface area (Å²) in [6, 6.07) is 2.64. The monoisotopic (exact) mass is 234 g/mol. The van der Waals surface area contributed by atoms with E-state index in [1.54, 1.807) is 6.92 Å². The van der Waals surface area contributed by atoms with Crippen molar-refractivity contribution >= 4 is 5.91 Å². The van der Waals surface area contributed by atoms with E-state index in [4.69, 9.17) is 0 Å². The first-order chi connectivity index (χ1) is 8.12. The number of nitriles is 1. The molecule has 1 amide bonds. The molecule has 17 heavy (non-hydrogen) atoms. The predicted molar refractivity (Wildman–Crippen MR) is 66.1 cm³/mol. The average molecular weight is 234 g/mol. The van der Waals surface area contributed by atoms with Crippen LogP contribution >= 0.6 is 0 Å². The lowest BCUT2D eigenvalue weighted by Crippen LogP contribution is -2.46. The molecule has 0 aromatic carbocycles. The standard InChI is InChI=1S/C14H22N2O/c1-3-14(2,10-15)13(17)16-9-8-11-6-4-5-7-12(11)16/h11-12H,3-9H2,1-2H3. The Morgan fingerprint density at radius 2 is 2.12 bits per heavy atom. The Kier molecular flexibility index (Phi) is 3.42. The molecule has 1 saturated heterocycles. The third-order valence-corrected chi connectivity index (χ3v) is 4.70. The minimum atomic E-state index is -0.813. The molecular weight excluding hydrogens is 212 g/mol. The first kappa shape index (κ1) is 12.4. The van der Waals surface area contributed by atoms with Crippen molar-refractivity contribution in [1.82, 2.24) is 4.90 Å². The van der Waals surface area contributed by atoms with E-state index in [1.165, 1.54) is 19.3 Å². The van der Waals surface area contributed by atoms with E-state index >= 15 is 0 Å². The van der Waals surface area contributed by atoms with Crippen LogP contribution in [0.15, 0.2) is 0 Å². The van der Waals surface area contributed by atoms with Crippen LogP contribution in [0.4, 0.5) is 0 Å². The molecule has 1 aliphatic carbocycles. The third-order valence-electron chi connectivity index (χ3n) is 4.70. The predicted octanol–water partition coefficient (Wildman–Crippen LogP) is 2.72. The smallest absolute Gasteiger partial charge is 0.243 e. The SMILES string of the molecule is CCC(C)(C#N)C(=O)N1CCC2CCCCC21. The Bertz CT molecular complexity index is 347. The summed E-state index contributed by atoms with van der Waals surface area (Å²) in [4.78, 5) is 14.5. The molecule has 0 aromatic heterocycles. The Hall–Kier alpha value is -1.04. The Balaban J connectivity index is 2.13. The molecule has 1 saturated carbocycles. The molecule has 3 nitrogen and oxygen atoms in total. The molecular formula is C14H22N2O. The van der Waals surface area contributed by atoms with Crippen LogP contribution in [0.25, 0.3) is 0 Å². The van der Waals surface area contributed by atoms with Gasteiger partial charge in [-0.05, 0) is 38.5 Å². The van der Waals surface area contributed by atoms with Crippen LogP contribution < -0.4 is 0 Å².